The Labute approximate surface area is 159 Å². The first-order valence-electron chi connectivity index (χ1n) is 9.12. The van der Waals surface area contributed by atoms with Gasteiger partial charge in [-0.2, -0.15) is 0 Å². The number of hydrogen-bond acceptors (Lipinski definition) is 6. The van der Waals surface area contributed by atoms with Gasteiger partial charge < -0.3 is 19.5 Å². The molecule has 0 aromatic heterocycles. The molecule has 2 atom stereocenters. The van der Waals surface area contributed by atoms with Gasteiger partial charge in [0.15, 0.2) is 5.78 Å². The van der Waals surface area contributed by atoms with E-state index < -0.39 is 17.8 Å². The fraction of sp³-hybridized carbons (Fsp3) is 0.429. The Balaban J connectivity index is 2.19. The van der Waals surface area contributed by atoms with E-state index >= 15 is 0 Å². The third kappa shape index (κ3) is 3.44. The molecular formula is C21H25NO5. The van der Waals surface area contributed by atoms with Gasteiger partial charge in [-0.3, -0.25) is 9.59 Å². The van der Waals surface area contributed by atoms with E-state index in [0.717, 1.165) is 24.1 Å². The molecular weight excluding hydrogens is 346 g/mol. The molecule has 1 heterocycles. The van der Waals surface area contributed by atoms with E-state index in [1.165, 1.54) is 0 Å². The maximum Gasteiger partial charge on any atom is 0.315 e. The molecule has 2 unspecified atom stereocenters. The fourth-order valence-corrected chi connectivity index (χ4v) is 3.91. The van der Waals surface area contributed by atoms with Crippen LogP contribution in [0.2, 0.25) is 0 Å². The van der Waals surface area contributed by atoms with Crippen LogP contribution in [0.25, 0.3) is 0 Å². The summed E-state index contributed by atoms with van der Waals surface area (Å²) in [6, 6.07) is 5.41. The number of methoxy groups -OCH3 is 2. The van der Waals surface area contributed by atoms with Crippen LogP contribution < -0.4 is 14.8 Å². The Morgan fingerprint density at radius 2 is 2.04 bits per heavy atom. The van der Waals surface area contributed by atoms with Gasteiger partial charge in [-0.15, -0.1) is 0 Å². The third-order valence-electron chi connectivity index (χ3n) is 5.10. The minimum Gasteiger partial charge on any atom is -0.497 e. The number of ether oxygens (including phenoxy) is 3. The van der Waals surface area contributed by atoms with Gasteiger partial charge in [-0.25, -0.2) is 0 Å². The van der Waals surface area contributed by atoms with Gasteiger partial charge in [0.05, 0.1) is 20.8 Å². The molecule has 0 radical (unpaired) electrons. The van der Waals surface area contributed by atoms with Crippen molar-refractivity contribution in [2.45, 2.75) is 32.1 Å². The molecule has 1 aromatic carbocycles. The molecule has 1 aliphatic carbocycles. The second-order valence-corrected chi connectivity index (χ2v) is 6.63. The van der Waals surface area contributed by atoms with Crippen molar-refractivity contribution >= 4 is 11.8 Å². The minimum atomic E-state index is -0.701. The number of carbonyl (C=O) groups is 2. The van der Waals surface area contributed by atoms with Crippen LogP contribution in [0, 0.1) is 5.92 Å². The average Bonchev–Trinajstić information content (AvgIpc) is 2.66. The number of allylic oxidation sites excluding steroid dienone is 2. The summed E-state index contributed by atoms with van der Waals surface area (Å²) in [5.41, 5.74) is 2.78. The van der Waals surface area contributed by atoms with E-state index in [2.05, 4.69) is 11.9 Å². The van der Waals surface area contributed by atoms with Crippen molar-refractivity contribution in [3.8, 4) is 11.5 Å². The molecule has 0 amide bonds. The molecule has 0 bridgehead atoms. The number of rotatable bonds is 5. The van der Waals surface area contributed by atoms with E-state index in [1.807, 2.05) is 6.07 Å². The molecule has 0 fully saturated rings. The van der Waals surface area contributed by atoms with Gasteiger partial charge in [-0.1, -0.05) is 12.6 Å². The highest BCUT2D eigenvalue weighted by Gasteiger charge is 2.44. The fourth-order valence-electron chi connectivity index (χ4n) is 3.91. The zero-order valence-corrected chi connectivity index (χ0v) is 16.0. The summed E-state index contributed by atoms with van der Waals surface area (Å²) < 4.78 is 16.1. The van der Waals surface area contributed by atoms with Crippen molar-refractivity contribution in [2.24, 2.45) is 5.92 Å². The van der Waals surface area contributed by atoms with Gasteiger partial charge in [-0.05, 0) is 25.8 Å². The lowest BCUT2D eigenvalue weighted by Gasteiger charge is -2.38. The highest BCUT2D eigenvalue weighted by Crippen LogP contribution is 2.47. The van der Waals surface area contributed by atoms with Gasteiger partial charge >= 0.3 is 5.97 Å². The maximum absolute atomic E-state index is 12.8. The Bertz CT molecular complexity index is 811. The molecule has 3 rings (SSSR count). The molecule has 6 nitrogen and oxygen atoms in total. The number of esters is 1. The maximum atomic E-state index is 12.8. The number of nitrogens with one attached hydrogen (secondary N) is 1. The lowest BCUT2D eigenvalue weighted by molar-refractivity contribution is -0.147. The molecule has 1 aromatic rings. The van der Waals surface area contributed by atoms with Gasteiger partial charge in [0.2, 0.25) is 0 Å². The number of carbonyl (C=O) groups excluding carboxylic acids is 2. The zero-order chi connectivity index (χ0) is 19.6. The molecule has 6 heteroatoms. The summed E-state index contributed by atoms with van der Waals surface area (Å²) in [6.45, 7) is 6.08. The Hall–Kier alpha value is -2.76. The molecule has 27 heavy (non-hydrogen) atoms. The summed E-state index contributed by atoms with van der Waals surface area (Å²) in [5, 5.41) is 3.20. The van der Waals surface area contributed by atoms with E-state index in [0.29, 0.717) is 29.2 Å². The van der Waals surface area contributed by atoms with Crippen LogP contribution in [0.15, 0.2) is 41.7 Å². The van der Waals surface area contributed by atoms with Crippen LogP contribution in [0.4, 0.5) is 0 Å². The van der Waals surface area contributed by atoms with Crippen molar-refractivity contribution in [1.29, 1.82) is 0 Å². The highest BCUT2D eigenvalue weighted by molar-refractivity contribution is 6.00. The van der Waals surface area contributed by atoms with E-state index in [1.54, 1.807) is 33.3 Å². The van der Waals surface area contributed by atoms with Gasteiger partial charge in [0.25, 0.3) is 0 Å². The van der Waals surface area contributed by atoms with Crippen molar-refractivity contribution in [1.82, 2.24) is 5.32 Å². The molecule has 0 spiro atoms. The SMILES string of the molecule is C=C1NC2=C(C(=O)CCC2)C(c2ccc(OC)cc2OC)C1C(=O)OCC. The van der Waals surface area contributed by atoms with Crippen LogP contribution in [-0.2, 0) is 14.3 Å². The minimum absolute atomic E-state index is 0.0495. The van der Waals surface area contributed by atoms with E-state index in [-0.39, 0.29) is 12.4 Å². The second-order valence-electron chi connectivity index (χ2n) is 6.63. The van der Waals surface area contributed by atoms with Crippen molar-refractivity contribution < 1.29 is 23.8 Å². The quantitative estimate of drug-likeness (QED) is 0.802. The lowest BCUT2D eigenvalue weighted by atomic mass is 9.71. The van der Waals surface area contributed by atoms with Crippen LogP contribution in [0.5, 0.6) is 11.5 Å². The Kier molecular flexibility index (Phi) is 5.54. The standard InChI is InChI=1S/C21H25NO5/c1-5-27-21(24)18-12(2)22-15-7-6-8-16(23)20(15)19(18)14-10-9-13(25-3)11-17(14)26-4/h9-11,18-19,22H,2,5-8H2,1,3-4H3. The van der Waals surface area contributed by atoms with Crippen LogP contribution in [0.1, 0.15) is 37.7 Å². The topological polar surface area (TPSA) is 73.9 Å². The monoisotopic (exact) mass is 371 g/mol. The summed E-state index contributed by atoms with van der Waals surface area (Å²) >= 11 is 0. The van der Waals surface area contributed by atoms with Crippen LogP contribution in [0.3, 0.4) is 0 Å². The predicted molar refractivity (Wildman–Crippen MR) is 101 cm³/mol. The number of benzene rings is 1. The molecule has 0 saturated heterocycles. The summed E-state index contributed by atoms with van der Waals surface area (Å²) in [5.74, 6) is -0.348. The van der Waals surface area contributed by atoms with Crippen molar-refractivity contribution in [3.63, 3.8) is 0 Å². The van der Waals surface area contributed by atoms with E-state index in [4.69, 9.17) is 14.2 Å². The highest BCUT2D eigenvalue weighted by atomic mass is 16.5. The summed E-state index contributed by atoms with van der Waals surface area (Å²) in [4.78, 5) is 25.6. The molecule has 1 N–H and O–H groups in total. The number of hydrogen-bond donors (Lipinski definition) is 1. The average molecular weight is 371 g/mol. The zero-order valence-electron chi connectivity index (χ0n) is 16.0. The van der Waals surface area contributed by atoms with E-state index in [9.17, 15) is 9.59 Å². The van der Waals surface area contributed by atoms with Crippen molar-refractivity contribution in [3.05, 3.63) is 47.3 Å². The smallest absolute Gasteiger partial charge is 0.315 e. The molecule has 1 aliphatic heterocycles. The first-order valence-corrected chi connectivity index (χ1v) is 9.12. The van der Waals surface area contributed by atoms with Crippen LogP contribution in [-0.4, -0.2) is 32.6 Å². The largest absolute Gasteiger partial charge is 0.497 e. The second kappa shape index (κ2) is 7.86. The lowest BCUT2D eigenvalue weighted by Crippen LogP contribution is -2.41. The molecule has 2 aliphatic rings. The molecule has 144 valence electrons. The summed E-state index contributed by atoms with van der Waals surface area (Å²) in [7, 11) is 3.14. The Morgan fingerprint density at radius 1 is 1.26 bits per heavy atom. The van der Waals surface area contributed by atoms with Crippen molar-refractivity contribution in [2.75, 3.05) is 20.8 Å². The number of Topliss-reactive ketones (excluding diaryl/α,β-unsaturated/α-hetero) is 1. The first-order chi connectivity index (χ1) is 13.0. The summed E-state index contributed by atoms with van der Waals surface area (Å²) in [6.07, 6.45) is 2.01. The normalized spacial score (nSPS) is 22.0. The third-order valence-corrected chi connectivity index (χ3v) is 5.10. The van der Waals surface area contributed by atoms with Gasteiger partial charge in [0.1, 0.15) is 17.4 Å². The first kappa shape index (κ1) is 19.0. The van der Waals surface area contributed by atoms with Crippen LogP contribution >= 0.6 is 0 Å². The molecule has 0 saturated carbocycles. The Morgan fingerprint density at radius 3 is 2.70 bits per heavy atom. The predicted octanol–water partition coefficient (Wildman–Crippen LogP) is 3.09. The van der Waals surface area contributed by atoms with Gasteiger partial charge in [0, 0.05) is 40.9 Å². The number of ketones is 1.